The van der Waals surface area contributed by atoms with Crippen LogP contribution >= 0.6 is 0 Å². The van der Waals surface area contributed by atoms with E-state index in [1.165, 1.54) is 16.7 Å². The molecule has 2 aliphatic heterocycles. The van der Waals surface area contributed by atoms with Crippen molar-refractivity contribution in [1.82, 2.24) is 4.90 Å². The first-order valence-corrected chi connectivity index (χ1v) is 9.83. The first-order chi connectivity index (χ1) is 13.1. The second-order valence-electron chi connectivity index (χ2n) is 7.88. The van der Waals surface area contributed by atoms with Crippen LogP contribution in [-0.2, 0) is 12.8 Å². The van der Waals surface area contributed by atoms with E-state index < -0.39 is 0 Å². The Morgan fingerprint density at radius 2 is 2.04 bits per heavy atom. The summed E-state index contributed by atoms with van der Waals surface area (Å²) in [5, 5.41) is 10.1. The molecule has 0 amide bonds. The number of nitriles is 1. The van der Waals surface area contributed by atoms with Gasteiger partial charge in [0.1, 0.15) is 5.84 Å². The number of piperidine rings is 1. The average molecular weight is 361 g/mol. The summed E-state index contributed by atoms with van der Waals surface area (Å²) in [5.41, 5.74) is 18.6. The van der Waals surface area contributed by atoms with Crippen LogP contribution in [0.3, 0.4) is 0 Å². The third-order valence-corrected chi connectivity index (χ3v) is 6.31. The minimum absolute atomic E-state index is 0.194. The van der Waals surface area contributed by atoms with Crippen LogP contribution in [0.4, 0.5) is 0 Å². The highest BCUT2D eigenvalue weighted by Crippen LogP contribution is 2.43. The molecule has 0 saturated carbocycles. The zero-order valence-corrected chi connectivity index (χ0v) is 15.9. The Balaban J connectivity index is 1.85. The van der Waals surface area contributed by atoms with Gasteiger partial charge in [-0.25, -0.2) is 4.99 Å². The third kappa shape index (κ3) is 3.04. The van der Waals surface area contributed by atoms with E-state index in [1.807, 2.05) is 0 Å². The molecule has 4 N–H and O–H groups in total. The van der Waals surface area contributed by atoms with E-state index in [0.29, 0.717) is 5.84 Å². The molecule has 1 fully saturated rings. The molecule has 0 radical (unpaired) electrons. The number of aliphatic imine (C=N–C) groups is 1. The van der Waals surface area contributed by atoms with Crippen LogP contribution in [0.1, 0.15) is 41.9 Å². The van der Waals surface area contributed by atoms with Gasteiger partial charge < -0.3 is 16.4 Å². The second kappa shape index (κ2) is 7.21. The van der Waals surface area contributed by atoms with Crippen LogP contribution in [0.25, 0.3) is 0 Å². The third-order valence-electron chi connectivity index (χ3n) is 6.31. The Morgan fingerprint density at radius 1 is 1.26 bits per heavy atom. The summed E-state index contributed by atoms with van der Waals surface area (Å²) in [4.78, 5) is 7.01. The fraction of sp³-hybridized carbons (Fsp3) is 0.455. The van der Waals surface area contributed by atoms with Gasteiger partial charge in [0.05, 0.1) is 23.3 Å². The lowest BCUT2D eigenvalue weighted by Crippen LogP contribution is -2.34. The lowest BCUT2D eigenvalue weighted by Gasteiger charge is -2.34. The van der Waals surface area contributed by atoms with Gasteiger partial charge in [0.2, 0.25) is 0 Å². The monoisotopic (exact) mass is 361 g/mol. The highest BCUT2D eigenvalue weighted by molar-refractivity contribution is 6.01. The Hall–Kier alpha value is -2.58. The summed E-state index contributed by atoms with van der Waals surface area (Å²) in [6.07, 6.45) is 6.89. The van der Waals surface area contributed by atoms with Crippen LogP contribution in [0, 0.1) is 17.2 Å². The van der Waals surface area contributed by atoms with E-state index >= 15 is 0 Å². The fourth-order valence-corrected chi connectivity index (χ4v) is 4.85. The summed E-state index contributed by atoms with van der Waals surface area (Å²) < 4.78 is 0. The zero-order chi connectivity index (χ0) is 19.0. The predicted octanol–water partition coefficient (Wildman–Crippen LogP) is 2.59. The molecule has 1 unspecified atom stereocenters. The Morgan fingerprint density at radius 3 is 2.74 bits per heavy atom. The van der Waals surface area contributed by atoms with E-state index in [1.54, 1.807) is 6.20 Å². The number of amidine groups is 1. The molecule has 1 aromatic carbocycles. The second-order valence-corrected chi connectivity index (χ2v) is 7.88. The van der Waals surface area contributed by atoms with Crippen molar-refractivity contribution in [1.29, 1.82) is 5.26 Å². The molecule has 1 atom stereocenters. The van der Waals surface area contributed by atoms with Crippen molar-refractivity contribution in [3.05, 3.63) is 57.9 Å². The van der Waals surface area contributed by atoms with Crippen molar-refractivity contribution in [3.63, 3.8) is 0 Å². The molecule has 5 heteroatoms. The van der Waals surface area contributed by atoms with E-state index in [4.69, 9.17) is 11.5 Å². The van der Waals surface area contributed by atoms with Gasteiger partial charge >= 0.3 is 0 Å². The van der Waals surface area contributed by atoms with Crippen molar-refractivity contribution in [2.45, 2.75) is 38.0 Å². The quantitative estimate of drug-likeness (QED) is 0.847. The number of rotatable bonds is 2. The van der Waals surface area contributed by atoms with Crippen molar-refractivity contribution in [2.24, 2.45) is 22.4 Å². The highest BCUT2D eigenvalue weighted by atomic mass is 15.1. The maximum Gasteiger partial charge on any atom is 0.129 e. The first-order valence-electron chi connectivity index (χ1n) is 9.83. The molecule has 0 spiro atoms. The SMILES string of the molecule is CN1CCC(C2=C(C#N)C(c3cccc4c3CCC4)/C(=C/N)C(N)=N2)CC1. The number of allylic oxidation sites excluding steroid dienone is 2. The van der Waals surface area contributed by atoms with Gasteiger partial charge in [-0.15, -0.1) is 0 Å². The average Bonchev–Trinajstić information content (AvgIpc) is 3.16. The maximum atomic E-state index is 10.1. The van der Waals surface area contributed by atoms with Gasteiger partial charge in [-0.3, -0.25) is 0 Å². The molecule has 3 aliphatic rings. The molecule has 1 aromatic rings. The zero-order valence-electron chi connectivity index (χ0n) is 15.9. The first kappa shape index (κ1) is 17.8. The molecule has 1 saturated heterocycles. The molecule has 0 bridgehead atoms. The summed E-state index contributed by atoms with van der Waals surface area (Å²) in [5.74, 6) is 0.555. The number of likely N-dealkylation sites (tertiary alicyclic amines) is 1. The Kier molecular flexibility index (Phi) is 4.75. The number of benzene rings is 1. The normalized spacial score (nSPS) is 25.4. The highest BCUT2D eigenvalue weighted by Gasteiger charge is 2.36. The molecule has 1 aliphatic carbocycles. The molecular weight excluding hydrogens is 334 g/mol. The van der Waals surface area contributed by atoms with E-state index in [-0.39, 0.29) is 11.8 Å². The lowest BCUT2D eigenvalue weighted by atomic mass is 9.76. The summed E-state index contributed by atoms with van der Waals surface area (Å²) in [7, 11) is 2.14. The number of fused-ring (bicyclic) bond motifs is 1. The summed E-state index contributed by atoms with van der Waals surface area (Å²) in [6.45, 7) is 2.04. The molecule has 2 heterocycles. The number of hydrogen-bond donors (Lipinski definition) is 2. The Bertz CT molecular complexity index is 878. The molecule has 5 nitrogen and oxygen atoms in total. The molecule has 0 aromatic heterocycles. The van der Waals surface area contributed by atoms with Crippen LogP contribution in [0.2, 0.25) is 0 Å². The Labute approximate surface area is 161 Å². The number of nitrogens with zero attached hydrogens (tertiary/aromatic N) is 3. The predicted molar refractivity (Wildman–Crippen MR) is 108 cm³/mol. The molecule has 27 heavy (non-hydrogen) atoms. The fourth-order valence-electron chi connectivity index (χ4n) is 4.85. The topological polar surface area (TPSA) is 91.4 Å². The van der Waals surface area contributed by atoms with E-state index in [0.717, 1.165) is 62.0 Å². The smallest absolute Gasteiger partial charge is 0.129 e. The van der Waals surface area contributed by atoms with Crippen LogP contribution in [-0.4, -0.2) is 30.9 Å². The van der Waals surface area contributed by atoms with Crippen LogP contribution < -0.4 is 11.5 Å². The van der Waals surface area contributed by atoms with Crippen molar-refractivity contribution in [2.75, 3.05) is 20.1 Å². The summed E-state index contributed by atoms with van der Waals surface area (Å²) >= 11 is 0. The van der Waals surface area contributed by atoms with Crippen LogP contribution in [0.15, 0.2) is 46.2 Å². The molecule has 4 rings (SSSR count). The molecular formula is C22H27N5. The van der Waals surface area contributed by atoms with Gasteiger partial charge in [0, 0.05) is 17.7 Å². The van der Waals surface area contributed by atoms with Crippen molar-refractivity contribution in [3.8, 4) is 6.07 Å². The van der Waals surface area contributed by atoms with Gasteiger partial charge in [-0.05, 0) is 68.9 Å². The van der Waals surface area contributed by atoms with Gasteiger partial charge in [-0.1, -0.05) is 18.2 Å². The standard InChI is InChI=1S/C22H27N5/c1-27-10-8-15(9-11-27)21-18(12-23)20(19(13-24)22(25)26-21)17-7-3-5-14-4-2-6-16(14)17/h3,5,7,13,15,20H,2,4,6,8-11,24H2,1H3,(H2,25,26)/b19-13-. The van der Waals surface area contributed by atoms with E-state index in [2.05, 4.69) is 41.2 Å². The minimum atomic E-state index is -0.194. The van der Waals surface area contributed by atoms with Gasteiger partial charge in [0.25, 0.3) is 0 Å². The minimum Gasteiger partial charge on any atom is -0.404 e. The largest absolute Gasteiger partial charge is 0.404 e. The van der Waals surface area contributed by atoms with E-state index in [9.17, 15) is 5.26 Å². The van der Waals surface area contributed by atoms with Crippen LogP contribution in [0.5, 0.6) is 0 Å². The van der Waals surface area contributed by atoms with Crippen molar-refractivity contribution < 1.29 is 0 Å². The maximum absolute atomic E-state index is 10.1. The number of aryl methyl sites for hydroxylation is 1. The lowest BCUT2D eigenvalue weighted by molar-refractivity contribution is 0.236. The van der Waals surface area contributed by atoms with Gasteiger partial charge in [-0.2, -0.15) is 5.26 Å². The van der Waals surface area contributed by atoms with Gasteiger partial charge in [0.15, 0.2) is 0 Å². The van der Waals surface area contributed by atoms with Crippen molar-refractivity contribution >= 4 is 5.84 Å². The summed E-state index contributed by atoms with van der Waals surface area (Å²) in [6, 6.07) is 8.93. The number of hydrogen-bond acceptors (Lipinski definition) is 5. The molecule has 140 valence electrons. The number of nitrogens with two attached hydrogens (primary N) is 2.